The molecule has 6 heteroatoms. The lowest BCUT2D eigenvalue weighted by molar-refractivity contribution is -0.139. The maximum atomic E-state index is 12.8. The molecule has 1 aliphatic rings. The molecular formula is C21H22ClN3O2. The predicted molar refractivity (Wildman–Crippen MR) is 107 cm³/mol. The molecule has 0 saturated heterocycles. The van der Waals surface area contributed by atoms with Gasteiger partial charge in [0, 0.05) is 22.5 Å². The van der Waals surface area contributed by atoms with Gasteiger partial charge in [0.1, 0.15) is 11.7 Å². The number of carbonyl (C=O) groups excluding carboxylic acids is 1. The number of rotatable bonds is 6. The van der Waals surface area contributed by atoms with Crippen LogP contribution in [-0.4, -0.2) is 23.4 Å². The number of halogens is 1. The van der Waals surface area contributed by atoms with Gasteiger partial charge in [-0.1, -0.05) is 49.2 Å². The molecule has 3 rings (SSSR count). The van der Waals surface area contributed by atoms with Gasteiger partial charge in [-0.3, -0.25) is 9.98 Å². The molecule has 0 saturated carbocycles. The Labute approximate surface area is 164 Å². The fraction of sp³-hybridized carbons (Fsp3) is 0.286. The molecule has 1 aromatic carbocycles. The molecule has 0 bridgehead atoms. The molecule has 0 fully saturated rings. The van der Waals surface area contributed by atoms with E-state index >= 15 is 0 Å². The van der Waals surface area contributed by atoms with Crippen LogP contribution in [0.4, 0.5) is 0 Å². The average Bonchev–Trinajstić information content (AvgIpc) is 2.68. The monoisotopic (exact) mass is 383 g/mol. The van der Waals surface area contributed by atoms with E-state index < -0.39 is 6.04 Å². The lowest BCUT2D eigenvalue weighted by Gasteiger charge is -2.26. The smallest absolute Gasteiger partial charge is 0.338 e. The number of pyridine rings is 1. The van der Waals surface area contributed by atoms with Crippen LogP contribution in [0.25, 0.3) is 0 Å². The van der Waals surface area contributed by atoms with Gasteiger partial charge in [0.2, 0.25) is 0 Å². The molecule has 1 N–H and O–H groups in total. The maximum Gasteiger partial charge on any atom is 0.338 e. The number of allylic oxidation sites excluding steroid dienone is 1. The van der Waals surface area contributed by atoms with Crippen LogP contribution in [0.3, 0.4) is 0 Å². The molecule has 2 aromatic rings. The van der Waals surface area contributed by atoms with E-state index in [1.165, 1.54) is 0 Å². The van der Waals surface area contributed by atoms with Crippen molar-refractivity contribution in [3.8, 4) is 0 Å². The van der Waals surface area contributed by atoms with Crippen LogP contribution in [0, 0.1) is 0 Å². The highest BCUT2D eigenvalue weighted by atomic mass is 35.5. The van der Waals surface area contributed by atoms with E-state index in [0.717, 1.165) is 18.4 Å². The molecular weight excluding hydrogens is 362 g/mol. The second kappa shape index (κ2) is 8.82. The van der Waals surface area contributed by atoms with Gasteiger partial charge in [0.15, 0.2) is 5.84 Å². The van der Waals surface area contributed by atoms with E-state index in [2.05, 4.69) is 17.2 Å². The molecule has 27 heavy (non-hydrogen) atoms. The lowest BCUT2D eigenvalue weighted by atomic mass is 9.95. The van der Waals surface area contributed by atoms with E-state index in [9.17, 15) is 4.79 Å². The number of aromatic nitrogens is 1. The molecule has 0 amide bonds. The third-order valence-corrected chi connectivity index (χ3v) is 4.64. The Morgan fingerprint density at radius 2 is 2.00 bits per heavy atom. The maximum absolute atomic E-state index is 12.8. The third kappa shape index (κ3) is 4.37. The van der Waals surface area contributed by atoms with Gasteiger partial charge in [-0.05, 0) is 31.5 Å². The van der Waals surface area contributed by atoms with Gasteiger partial charge in [0.25, 0.3) is 0 Å². The molecule has 1 aliphatic heterocycles. The Morgan fingerprint density at radius 1 is 1.22 bits per heavy atom. The highest BCUT2D eigenvalue weighted by Gasteiger charge is 2.32. The van der Waals surface area contributed by atoms with Gasteiger partial charge in [-0.2, -0.15) is 0 Å². The number of nitrogens with one attached hydrogen (secondary N) is 1. The second-order valence-corrected chi connectivity index (χ2v) is 6.68. The van der Waals surface area contributed by atoms with Gasteiger partial charge in [-0.25, -0.2) is 4.79 Å². The number of hydrogen-bond donors (Lipinski definition) is 1. The summed E-state index contributed by atoms with van der Waals surface area (Å²) in [6, 6.07) is 12.5. The zero-order valence-electron chi connectivity index (χ0n) is 15.4. The van der Waals surface area contributed by atoms with Gasteiger partial charge in [0.05, 0.1) is 12.2 Å². The summed E-state index contributed by atoms with van der Waals surface area (Å²) < 4.78 is 5.46. The number of hydrogen-bond acceptors (Lipinski definition) is 5. The number of benzene rings is 1. The van der Waals surface area contributed by atoms with Crippen molar-refractivity contribution in [3.63, 3.8) is 0 Å². The minimum atomic E-state index is -0.550. The van der Waals surface area contributed by atoms with E-state index in [0.29, 0.717) is 34.4 Å². The molecule has 140 valence electrons. The van der Waals surface area contributed by atoms with Crippen LogP contribution in [0.2, 0.25) is 5.02 Å². The largest absolute Gasteiger partial charge is 0.462 e. The zero-order valence-corrected chi connectivity index (χ0v) is 16.2. The quantitative estimate of drug-likeness (QED) is 0.591. The van der Waals surface area contributed by atoms with Crippen LogP contribution in [0.15, 0.2) is 64.9 Å². The first-order valence-corrected chi connectivity index (χ1v) is 9.38. The van der Waals surface area contributed by atoms with E-state index in [1.54, 1.807) is 12.3 Å². The highest BCUT2D eigenvalue weighted by Crippen LogP contribution is 2.35. The Bertz CT molecular complexity index is 878. The third-order valence-electron chi connectivity index (χ3n) is 4.30. The van der Waals surface area contributed by atoms with Gasteiger partial charge >= 0.3 is 5.97 Å². The van der Waals surface area contributed by atoms with Crippen molar-refractivity contribution in [2.24, 2.45) is 4.99 Å². The van der Waals surface area contributed by atoms with E-state index in [-0.39, 0.29) is 5.97 Å². The Balaban J connectivity index is 2.01. The summed E-state index contributed by atoms with van der Waals surface area (Å²) in [5.74, 6) is 0.227. The summed E-state index contributed by atoms with van der Waals surface area (Å²) >= 11 is 6.42. The first-order valence-electron chi connectivity index (χ1n) is 9.00. The standard InChI is InChI=1S/C21H22ClN3O2/c1-3-4-13-27-21(26)18-14(2)24-20(17-11-7-8-12-23-17)25-19(18)15-9-5-6-10-16(15)22/h5-12,19H,3-4,13H2,1-2H3,(H,24,25). The molecule has 0 aliphatic carbocycles. The summed E-state index contributed by atoms with van der Waals surface area (Å²) in [6.07, 6.45) is 3.49. The Hall–Kier alpha value is -2.66. The Morgan fingerprint density at radius 3 is 2.70 bits per heavy atom. The summed E-state index contributed by atoms with van der Waals surface area (Å²) in [6.45, 7) is 4.28. The minimum absolute atomic E-state index is 0.373. The number of nitrogens with zero attached hydrogens (tertiary/aromatic N) is 2. The number of amidine groups is 1. The number of aliphatic imine (C=N–C) groups is 1. The van der Waals surface area contributed by atoms with Crippen molar-refractivity contribution in [3.05, 3.63) is 76.2 Å². The van der Waals surface area contributed by atoms with Crippen LogP contribution >= 0.6 is 11.6 Å². The summed E-state index contributed by atoms with van der Waals surface area (Å²) in [4.78, 5) is 21.9. The molecule has 0 spiro atoms. The van der Waals surface area contributed by atoms with Crippen molar-refractivity contribution < 1.29 is 9.53 Å². The number of esters is 1. The molecule has 5 nitrogen and oxygen atoms in total. The molecule has 0 radical (unpaired) electrons. The van der Waals surface area contributed by atoms with E-state index in [1.807, 2.05) is 43.3 Å². The van der Waals surface area contributed by atoms with Crippen molar-refractivity contribution in [1.29, 1.82) is 0 Å². The van der Waals surface area contributed by atoms with E-state index in [4.69, 9.17) is 21.3 Å². The van der Waals surface area contributed by atoms with Crippen LogP contribution in [-0.2, 0) is 9.53 Å². The number of unbranched alkanes of at least 4 members (excludes halogenated alkanes) is 1. The fourth-order valence-electron chi connectivity index (χ4n) is 2.88. The predicted octanol–water partition coefficient (Wildman–Crippen LogP) is 4.44. The number of ether oxygens (including phenoxy) is 1. The summed E-state index contributed by atoms with van der Waals surface area (Å²) in [5.41, 5.74) is 2.62. The normalized spacial score (nSPS) is 16.6. The molecule has 1 atom stereocenters. The van der Waals surface area contributed by atoms with Crippen molar-refractivity contribution in [2.45, 2.75) is 32.7 Å². The average molecular weight is 384 g/mol. The van der Waals surface area contributed by atoms with Gasteiger partial charge in [-0.15, -0.1) is 0 Å². The van der Waals surface area contributed by atoms with Crippen molar-refractivity contribution in [1.82, 2.24) is 10.3 Å². The lowest BCUT2D eigenvalue weighted by Crippen LogP contribution is -2.33. The van der Waals surface area contributed by atoms with Gasteiger partial charge < -0.3 is 10.1 Å². The van der Waals surface area contributed by atoms with Crippen LogP contribution in [0.5, 0.6) is 0 Å². The van der Waals surface area contributed by atoms with Crippen LogP contribution < -0.4 is 5.32 Å². The second-order valence-electron chi connectivity index (χ2n) is 6.27. The summed E-state index contributed by atoms with van der Waals surface area (Å²) in [7, 11) is 0. The Kier molecular flexibility index (Phi) is 6.24. The van der Waals surface area contributed by atoms with Crippen LogP contribution in [0.1, 0.15) is 44.0 Å². The fourth-order valence-corrected chi connectivity index (χ4v) is 3.12. The first kappa shape index (κ1) is 19.1. The SMILES string of the molecule is CCCCOC(=O)C1=C(C)NC(c2ccccn2)=NC1c1ccccc1Cl. The first-order chi connectivity index (χ1) is 13.1. The molecule has 1 unspecified atom stereocenters. The summed E-state index contributed by atoms with van der Waals surface area (Å²) in [5, 5.41) is 3.75. The number of carbonyl (C=O) groups is 1. The minimum Gasteiger partial charge on any atom is -0.462 e. The molecule has 1 aromatic heterocycles. The molecule has 2 heterocycles. The zero-order chi connectivity index (χ0) is 19.2. The van der Waals surface area contributed by atoms with Crippen molar-refractivity contribution >= 4 is 23.4 Å². The van der Waals surface area contributed by atoms with Crippen molar-refractivity contribution in [2.75, 3.05) is 6.61 Å². The highest BCUT2D eigenvalue weighted by molar-refractivity contribution is 6.31. The topological polar surface area (TPSA) is 63.6 Å².